The molecule has 1 amide bonds. The number of carbonyl (C=O) groups is 1. The molecule has 1 aliphatic carbocycles. The van der Waals surface area contributed by atoms with Crippen LogP contribution in [0.4, 0.5) is 0 Å². The van der Waals surface area contributed by atoms with Crippen molar-refractivity contribution in [2.45, 2.75) is 37.6 Å². The fourth-order valence-corrected chi connectivity index (χ4v) is 2.66. The van der Waals surface area contributed by atoms with Gasteiger partial charge in [-0.3, -0.25) is 4.79 Å². The number of benzene rings is 1. The molecule has 6 heteroatoms. The maximum atomic E-state index is 12.1. The molecular weight excluding hydrogens is 311 g/mol. The van der Waals surface area contributed by atoms with E-state index in [1.165, 1.54) is 6.42 Å². The molecule has 1 aliphatic rings. The summed E-state index contributed by atoms with van der Waals surface area (Å²) in [4.78, 5) is 12.1. The monoisotopic (exact) mass is 332 g/mol. The van der Waals surface area contributed by atoms with E-state index in [0.29, 0.717) is 23.9 Å². The molecule has 21 heavy (non-hydrogen) atoms. The molecule has 0 spiro atoms. The van der Waals surface area contributed by atoms with Crippen LogP contribution < -0.4 is 15.8 Å². The Morgan fingerprint density at radius 2 is 2.05 bits per heavy atom. The molecule has 4 nitrogen and oxygen atoms in total. The summed E-state index contributed by atoms with van der Waals surface area (Å²) in [6.45, 7) is 0.854. The van der Waals surface area contributed by atoms with Crippen LogP contribution in [0.25, 0.3) is 0 Å². The van der Waals surface area contributed by atoms with Crippen molar-refractivity contribution in [2.24, 2.45) is 5.73 Å². The highest BCUT2D eigenvalue weighted by Crippen LogP contribution is 2.25. The van der Waals surface area contributed by atoms with Crippen LogP contribution in [0.15, 0.2) is 24.3 Å². The average molecular weight is 333 g/mol. The molecule has 1 saturated carbocycles. The second-order valence-corrected chi connectivity index (χ2v) is 5.71. The van der Waals surface area contributed by atoms with Crippen LogP contribution in [0.3, 0.4) is 0 Å². The molecule has 0 aliphatic heterocycles. The third-order valence-electron chi connectivity index (χ3n) is 3.65. The van der Waals surface area contributed by atoms with E-state index < -0.39 is 5.54 Å². The van der Waals surface area contributed by atoms with Gasteiger partial charge in [0, 0.05) is 5.02 Å². The molecule has 0 atom stereocenters. The highest BCUT2D eigenvalue weighted by atomic mass is 35.5. The van der Waals surface area contributed by atoms with Crippen molar-refractivity contribution < 1.29 is 9.53 Å². The van der Waals surface area contributed by atoms with Crippen molar-refractivity contribution in [2.75, 3.05) is 13.2 Å². The minimum Gasteiger partial charge on any atom is -0.492 e. The van der Waals surface area contributed by atoms with Gasteiger partial charge in [-0.2, -0.15) is 0 Å². The summed E-state index contributed by atoms with van der Waals surface area (Å²) in [5, 5.41) is 3.49. The predicted octanol–water partition coefficient (Wildman–Crippen LogP) is 2.92. The van der Waals surface area contributed by atoms with Crippen LogP contribution in [0.5, 0.6) is 5.75 Å². The minimum atomic E-state index is -0.686. The summed E-state index contributed by atoms with van der Waals surface area (Å²) >= 11 is 5.86. The van der Waals surface area contributed by atoms with E-state index in [1.54, 1.807) is 12.1 Å². The first-order valence-electron chi connectivity index (χ1n) is 7.06. The van der Waals surface area contributed by atoms with Gasteiger partial charge in [0.25, 0.3) is 0 Å². The second-order valence-electron chi connectivity index (χ2n) is 5.28. The third-order valence-corrected chi connectivity index (χ3v) is 3.89. The predicted molar refractivity (Wildman–Crippen MR) is 87.2 cm³/mol. The maximum Gasteiger partial charge on any atom is 0.240 e. The molecule has 0 unspecified atom stereocenters. The van der Waals surface area contributed by atoms with Gasteiger partial charge in [-0.15, -0.1) is 12.4 Å². The third kappa shape index (κ3) is 5.38. The molecule has 0 aromatic heterocycles. The number of amides is 1. The number of carbonyl (C=O) groups excluding carboxylic acids is 1. The van der Waals surface area contributed by atoms with E-state index >= 15 is 0 Å². The summed E-state index contributed by atoms with van der Waals surface area (Å²) in [5.74, 6) is 0.638. The maximum absolute atomic E-state index is 12.1. The average Bonchev–Trinajstić information content (AvgIpc) is 2.44. The number of nitrogens with one attached hydrogen (secondary N) is 1. The molecule has 0 radical (unpaired) electrons. The zero-order valence-electron chi connectivity index (χ0n) is 11.9. The lowest BCUT2D eigenvalue weighted by molar-refractivity contribution is -0.127. The summed E-state index contributed by atoms with van der Waals surface area (Å²) in [6, 6.07) is 7.19. The van der Waals surface area contributed by atoms with Gasteiger partial charge < -0.3 is 15.8 Å². The summed E-state index contributed by atoms with van der Waals surface area (Å²) < 4.78 is 5.52. The van der Waals surface area contributed by atoms with Crippen LogP contribution in [0.1, 0.15) is 32.1 Å². The Morgan fingerprint density at radius 1 is 1.33 bits per heavy atom. The smallest absolute Gasteiger partial charge is 0.240 e. The van der Waals surface area contributed by atoms with Crippen LogP contribution in [-0.2, 0) is 4.79 Å². The van der Waals surface area contributed by atoms with Gasteiger partial charge in [0.1, 0.15) is 12.4 Å². The fraction of sp³-hybridized carbons (Fsp3) is 0.533. The van der Waals surface area contributed by atoms with Crippen LogP contribution in [0.2, 0.25) is 5.02 Å². The lowest BCUT2D eigenvalue weighted by atomic mass is 9.82. The Bertz CT molecular complexity index is 463. The lowest BCUT2D eigenvalue weighted by Gasteiger charge is -2.31. The van der Waals surface area contributed by atoms with Crippen molar-refractivity contribution in [3.8, 4) is 5.75 Å². The SMILES string of the molecule is Cl.NC1(C(=O)NCCOc2cccc(Cl)c2)CCCCC1. The second kappa shape index (κ2) is 8.47. The van der Waals surface area contributed by atoms with Gasteiger partial charge >= 0.3 is 0 Å². The van der Waals surface area contributed by atoms with Crippen LogP contribution >= 0.6 is 24.0 Å². The Hall–Kier alpha value is -0.970. The fourth-order valence-electron chi connectivity index (χ4n) is 2.48. The van der Waals surface area contributed by atoms with E-state index in [0.717, 1.165) is 25.7 Å². The highest BCUT2D eigenvalue weighted by molar-refractivity contribution is 6.30. The van der Waals surface area contributed by atoms with Gasteiger partial charge in [-0.25, -0.2) is 0 Å². The topological polar surface area (TPSA) is 64.4 Å². The van der Waals surface area contributed by atoms with Crippen molar-refractivity contribution in [3.05, 3.63) is 29.3 Å². The normalized spacial score (nSPS) is 16.7. The quantitative estimate of drug-likeness (QED) is 0.815. The molecule has 0 bridgehead atoms. The first-order valence-corrected chi connectivity index (χ1v) is 7.43. The van der Waals surface area contributed by atoms with Crippen LogP contribution in [-0.4, -0.2) is 24.6 Å². The van der Waals surface area contributed by atoms with E-state index in [9.17, 15) is 4.79 Å². The number of nitrogens with two attached hydrogens (primary N) is 1. The van der Waals surface area contributed by atoms with Gasteiger partial charge in [0.2, 0.25) is 5.91 Å². The standard InChI is InChI=1S/C15H21ClN2O2.ClH/c16-12-5-4-6-13(11-12)20-10-9-18-14(19)15(17)7-2-1-3-8-15;/h4-6,11H,1-3,7-10,17H2,(H,18,19);1H. The number of hydrogen-bond donors (Lipinski definition) is 2. The summed E-state index contributed by atoms with van der Waals surface area (Å²) in [7, 11) is 0. The molecule has 3 N–H and O–H groups in total. The lowest BCUT2D eigenvalue weighted by Crippen LogP contribution is -2.55. The first-order chi connectivity index (χ1) is 9.60. The zero-order chi connectivity index (χ0) is 14.4. The Labute approximate surface area is 136 Å². The van der Waals surface area contributed by atoms with Crippen molar-refractivity contribution in [3.63, 3.8) is 0 Å². The molecule has 1 aromatic carbocycles. The van der Waals surface area contributed by atoms with E-state index in [2.05, 4.69) is 5.32 Å². The number of rotatable bonds is 5. The minimum absolute atomic E-state index is 0. The van der Waals surface area contributed by atoms with E-state index in [4.69, 9.17) is 22.1 Å². The van der Waals surface area contributed by atoms with E-state index in [1.807, 2.05) is 12.1 Å². The zero-order valence-corrected chi connectivity index (χ0v) is 13.5. The summed E-state index contributed by atoms with van der Waals surface area (Å²) in [6.07, 6.45) is 4.78. The largest absolute Gasteiger partial charge is 0.492 e. The molecule has 118 valence electrons. The van der Waals surface area contributed by atoms with Crippen molar-refractivity contribution in [1.82, 2.24) is 5.32 Å². The van der Waals surface area contributed by atoms with Gasteiger partial charge in [-0.1, -0.05) is 36.9 Å². The highest BCUT2D eigenvalue weighted by Gasteiger charge is 2.34. The number of halogens is 2. The first kappa shape index (κ1) is 18.1. The van der Waals surface area contributed by atoms with Gasteiger partial charge in [0.05, 0.1) is 12.1 Å². The Kier molecular flexibility index (Phi) is 7.29. The van der Waals surface area contributed by atoms with Crippen LogP contribution in [0, 0.1) is 0 Å². The van der Waals surface area contributed by atoms with Crippen molar-refractivity contribution >= 4 is 29.9 Å². The molecule has 1 fully saturated rings. The Morgan fingerprint density at radius 3 is 2.71 bits per heavy atom. The van der Waals surface area contributed by atoms with Gasteiger partial charge in [0.15, 0.2) is 0 Å². The molecule has 2 rings (SSSR count). The number of hydrogen-bond acceptors (Lipinski definition) is 3. The van der Waals surface area contributed by atoms with Crippen molar-refractivity contribution in [1.29, 1.82) is 0 Å². The van der Waals surface area contributed by atoms with E-state index in [-0.39, 0.29) is 18.3 Å². The molecule has 1 aromatic rings. The summed E-state index contributed by atoms with van der Waals surface area (Å²) in [5.41, 5.74) is 5.46. The number of ether oxygens (including phenoxy) is 1. The molecular formula is C15H22Cl2N2O2. The van der Waals surface area contributed by atoms with Gasteiger partial charge in [-0.05, 0) is 31.0 Å². The molecule has 0 saturated heterocycles. The Balaban J connectivity index is 0.00000220. The molecule has 0 heterocycles.